The number of rotatable bonds is 3. The van der Waals surface area contributed by atoms with E-state index in [1.165, 1.54) is 0 Å². The Kier molecular flexibility index (Phi) is 4.20. The lowest BCUT2D eigenvalue weighted by atomic mass is 10.0. The zero-order valence-electron chi connectivity index (χ0n) is 10.8. The average molecular weight is 248 g/mol. The molecule has 1 aromatic rings. The number of amides is 1. The van der Waals surface area contributed by atoms with Crippen molar-refractivity contribution in [2.75, 3.05) is 19.7 Å². The number of carbonyl (C=O) groups excluding carboxylic acids is 1. The third kappa shape index (κ3) is 2.82. The second-order valence-corrected chi connectivity index (χ2v) is 4.58. The Morgan fingerprint density at radius 1 is 1.50 bits per heavy atom. The lowest BCUT2D eigenvalue weighted by Crippen LogP contribution is -2.45. The fraction of sp³-hybridized carbons (Fsp3) is 0.500. The quantitative estimate of drug-likeness (QED) is 0.885. The van der Waals surface area contributed by atoms with Gasteiger partial charge in [-0.1, -0.05) is 12.1 Å². The lowest BCUT2D eigenvalue weighted by Gasteiger charge is -2.31. The van der Waals surface area contributed by atoms with E-state index in [1.807, 2.05) is 36.1 Å². The van der Waals surface area contributed by atoms with Gasteiger partial charge in [0.2, 0.25) is 0 Å². The summed E-state index contributed by atoms with van der Waals surface area (Å²) in [4.78, 5) is 14.3. The molecule has 18 heavy (non-hydrogen) atoms. The van der Waals surface area contributed by atoms with E-state index in [0.717, 1.165) is 19.4 Å². The van der Waals surface area contributed by atoms with Gasteiger partial charge in [0.05, 0.1) is 12.2 Å². The topological polar surface area (TPSA) is 55.6 Å². The Labute approximate surface area is 108 Å². The van der Waals surface area contributed by atoms with Gasteiger partial charge in [-0.05, 0) is 31.9 Å². The van der Waals surface area contributed by atoms with Crippen LogP contribution in [0, 0.1) is 0 Å². The van der Waals surface area contributed by atoms with Crippen LogP contribution in [-0.4, -0.2) is 36.5 Å². The van der Waals surface area contributed by atoms with Crippen molar-refractivity contribution in [3.05, 3.63) is 29.8 Å². The summed E-state index contributed by atoms with van der Waals surface area (Å²) >= 11 is 0. The molecule has 1 unspecified atom stereocenters. The van der Waals surface area contributed by atoms with E-state index in [9.17, 15) is 4.79 Å². The van der Waals surface area contributed by atoms with Crippen molar-refractivity contribution in [3.63, 3.8) is 0 Å². The monoisotopic (exact) mass is 248 g/mol. The van der Waals surface area contributed by atoms with Gasteiger partial charge in [0.15, 0.2) is 0 Å². The lowest BCUT2D eigenvalue weighted by molar-refractivity contribution is 0.0704. The van der Waals surface area contributed by atoms with Crippen LogP contribution in [0.2, 0.25) is 0 Å². The molecule has 0 saturated carbocycles. The molecular formula is C14H20N2O2. The summed E-state index contributed by atoms with van der Waals surface area (Å²) in [5.41, 5.74) is 6.55. The first-order chi connectivity index (χ1) is 8.72. The standard InChI is InChI=1S/C14H20N2O2/c1-2-18-13-8-4-3-7-12(13)14(17)16-9-5-6-11(15)10-16/h3-4,7-8,11H,2,5-6,9-10,15H2,1H3. The molecule has 98 valence electrons. The van der Waals surface area contributed by atoms with Crippen LogP contribution in [0.5, 0.6) is 5.75 Å². The minimum atomic E-state index is 0.0224. The first kappa shape index (κ1) is 12.9. The highest BCUT2D eigenvalue weighted by Crippen LogP contribution is 2.21. The Morgan fingerprint density at radius 3 is 3.00 bits per heavy atom. The Bertz CT molecular complexity index is 420. The average Bonchev–Trinajstić information content (AvgIpc) is 2.39. The molecule has 0 spiro atoms. The fourth-order valence-corrected chi connectivity index (χ4v) is 2.29. The van der Waals surface area contributed by atoms with Crippen molar-refractivity contribution in [1.82, 2.24) is 4.90 Å². The van der Waals surface area contributed by atoms with E-state index in [-0.39, 0.29) is 11.9 Å². The Morgan fingerprint density at radius 2 is 2.28 bits per heavy atom. The molecule has 4 heteroatoms. The predicted molar refractivity (Wildman–Crippen MR) is 70.7 cm³/mol. The second-order valence-electron chi connectivity index (χ2n) is 4.58. The van der Waals surface area contributed by atoms with Crippen molar-refractivity contribution in [1.29, 1.82) is 0 Å². The third-order valence-electron chi connectivity index (χ3n) is 3.16. The van der Waals surface area contributed by atoms with Crippen molar-refractivity contribution >= 4 is 5.91 Å². The van der Waals surface area contributed by atoms with Crippen molar-refractivity contribution in [3.8, 4) is 5.75 Å². The fourth-order valence-electron chi connectivity index (χ4n) is 2.29. The van der Waals surface area contributed by atoms with Gasteiger partial charge in [-0.3, -0.25) is 4.79 Å². The number of likely N-dealkylation sites (tertiary alicyclic amines) is 1. The van der Waals surface area contributed by atoms with Gasteiger partial charge >= 0.3 is 0 Å². The summed E-state index contributed by atoms with van der Waals surface area (Å²) in [6, 6.07) is 7.49. The normalized spacial score (nSPS) is 19.7. The van der Waals surface area contributed by atoms with E-state index < -0.39 is 0 Å². The number of ether oxygens (including phenoxy) is 1. The zero-order chi connectivity index (χ0) is 13.0. The van der Waals surface area contributed by atoms with E-state index in [2.05, 4.69) is 0 Å². The van der Waals surface area contributed by atoms with Crippen molar-refractivity contribution in [2.24, 2.45) is 5.73 Å². The van der Waals surface area contributed by atoms with Crippen LogP contribution in [0.4, 0.5) is 0 Å². The molecule has 1 saturated heterocycles. The molecule has 0 radical (unpaired) electrons. The number of para-hydroxylation sites is 1. The molecule has 0 aliphatic carbocycles. The molecule has 2 rings (SSSR count). The Balaban J connectivity index is 2.17. The molecule has 0 aromatic heterocycles. The molecular weight excluding hydrogens is 228 g/mol. The maximum absolute atomic E-state index is 12.4. The molecule has 1 atom stereocenters. The molecule has 2 N–H and O–H groups in total. The van der Waals surface area contributed by atoms with E-state index >= 15 is 0 Å². The summed E-state index contributed by atoms with van der Waals surface area (Å²) in [6.45, 7) is 3.90. The number of hydrogen-bond donors (Lipinski definition) is 1. The molecule has 0 bridgehead atoms. The number of carbonyl (C=O) groups is 1. The van der Waals surface area contributed by atoms with E-state index in [1.54, 1.807) is 0 Å². The first-order valence-electron chi connectivity index (χ1n) is 6.49. The van der Waals surface area contributed by atoms with Crippen LogP contribution in [0.15, 0.2) is 24.3 Å². The van der Waals surface area contributed by atoms with E-state index in [0.29, 0.717) is 24.5 Å². The number of nitrogens with two attached hydrogens (primary N) is 1. The van der Waals surface area contributed by atoms with Crippen LogP contribution >= 0.6 is 0 Å². The van der Waals surface area contributed by atoms with Crippen LogP contribution in [0.3, 0.4) is 0 Å². The molecule has 1 aliphatic rings. The molecule has 4 nitrogen and oxygen atoms in total. The maximum Gasteiger partial charge on any atom is 0.257 e. The zero-order valence-corrected chi connectivity index (χ0v) is 10.8. The van der Waals surface area contributed by atoms with E-state index in [4.69, 9.17) is 10.5 Å². The van der Waals surface area contributed by atoms with Gasteiger partial charge in [0.25, 0.3) is 5.91 Å². The minimum Gasteiger partial charge on any atom is -0.493 e. The summed E-state index contributed by atoms with van der Waals surface area (Å²) in [5, 5.41) is 0. The van der Waals surface area contributed by atoms with Crippen LogP contribution in [0.25, 0.3) is 0 Å². The molecule has 1 amide bonds. The summed E-state index contributed by atoms with van der Waals surface area (Å²) in [7, 11) is 0. The van der Waals surface area contributed by atoms with Crippen molar-refractivity contribution in [2.45, 2.75) is 25.8 Å². The maximum atomic E-state index is 12.4. The minimum absolute atomic E-state index is 0.0224. The van der Waals surface area contributed by atoms with Crippen molar-refractivity contribution < 1.29 is 9.53 Å². The molecule has 1 fully saturated rings. The van der Waals surface area contributed by atoms with Crippen LogP contribution < -0.4 is 10.5 Å². The molecule has 1 heterocycles. The highest BCUT2D eigenvalue weighted by Gasteiger charge is 2.24. The van der Waals surface area contributed by atoms with Gasteiger partial charge in [-0.25, -0.2) is 0 Å². The van der Waals surface area contributed by atoms with Crippen LogP contribution in [-0.2, 0) is 0 Å². The number of benzene rings is 1. The van der Waals surface area contributed by atoms with Gasteiger partial charge in [-0.15, -0.1) is 0 Å². The first-order valence-corrected chi connectivity index (χ1v) is 6.49. The molecule has 1 aliphatic heterocycles. The number of nitrogens with zero attached hydrogens (tertiary/aromatic N) is 1. The SMILES string of the molecule is CCOc1ccccc1C(=O)N1CCCC(N)C1. The number of piperidine rings is 1. The smallest absolute Gasteiger partial charge is 0.257 e. The summed E-state index contributed by atoms with van der Waals surface area (Å²) in [5.74, 6) is 0.679. The predicted octanol–water partition coefficient (Wildman–Crippen LogP) is 1.65. The Hall–Kier alpha value is -1.55. The highest BCUT2D eigenvalue weighted by atomic mass is 16.5. The largest absolute Gasteiger partial charge is 0.493 e. The molecule has 1 aromatic carbocycles. The highest BCUT2D eigenvalue weighted by molar-refractivity contribution is 5.97. The van der Waals surface area contributed by atoms with Gasteiger partial charge in [0, 0.05) is 19.1 Å². The second kappa shape index (κ2) is 5.87. The summed E-state index contributed by atoms with van der Waals surface area (Å²) in [6.07, 6.45) is 1.97. The van der Waals surface area contributed by atoms with Gasteiger partial charge in [0.1, 0.15) is 5.75 Å². The van der Waals surface area contributed by atoms with Gasteiger partial charge in [-0.2, -0.15) is 0 Å². The van der Waals surface area contributed by atoms with Gasteiger partial charge < -0.3 is 15.4 Å². The third-order valence-corrected chi connectivity index (χ3v) is 3.16. The summed E-state index contributed by atoms with van der Waals surface area (Å²) < 4.78 is 5.50. The number of hydrogen-bond acceptors (Lipinski definition) is 3. The van der Waals surface area contributed by atoms with Crippen LogP contribution in [0.1, 0.15) is 30.1 Å².